The fourth-order valence-electron chi connectivity index (χ4n) is 3.59. The van der Waals surface area contributed by atoms with Crippen molar-refractivity contribution in [1.29, 1.82) is 0 Å². The fraction of sp³-hybridized carbons (Fsp3) is 0.391. The highest BCUT2D eigenvalue weighted by atomic mass is 32.2. The number of benzene rings is 2. The van der Waals surface area contributed by atoms with Crippen LogP contribution in [0.4, 0.5) is 0 Å². The molecule has 1 aliphatic heterocycles. The molecule has 0 unspecified atom stereocenters. The van der Waals surface area contributed by atoms with Crippen LogP contribution in [-0.2, 0) is 26.0 Å². The molecule has 1 heterocycles. The standard InChI is InChI=1S/C23H29N3O4S/c27-22-14-18-26(31(29,30)21-10-5-2-6-11-21)17-7-16-25(19-15-24-22)23(28)13-12-20-8-3-1-4-9-20/h1-6,8-11H,7,12-19H2,(H,24,27). The first kappa shape index (κ1) is 23.0. The molecule has 1 aliphatic rings. The first-order valence-electron chi connectivity index (χ1n) is 10.6. The van der Waals surface area contributed by atoms with Crippen LogP contribution in [-0.4, -0.2) is 62.2 Å². The van der Waals surface area contributed by atoms with Crippen molar-refractivity contribution >= 4 is 21.8 Å². The highest BCUT2D eigenvalue weighted by Crippen LogP contribution is 2.16. The van der Waals surface area contributed by atoms with E-state index in [1.165, 1.54) is 4.31 Å². The minimum Gasteiger partial charge on any atom is -0.354 e. The van der Waals surface area contributed by atoms with Gasteiger partial charge in [-0.3, -0.25) is 9.59 Å². The van der Waals surface area contributed by atoms with Gasteiger partial charge in [0.15, 0.2) is 0 Å². The maximum absolute atomic E-state index is 13.0. The van der Waals surface area contributed by atoms with Gasteiger partial charge in [0.2, 0.25) is 21.8 Å². The van der Waals surface area contributed by atoms with E-state index in [-0.39, 0.29) is 36.2 Å². The zero-order chi connectivity index (χ0) is 22.1. The first-order chi connectivity index (χ1) is 15.0. The van der Waals surface area contributed by atoms with Gasteiger partial charge in [-0.25, -0.2) is 8.42 Å². The molecule has 0 atom stereocenters. The average molecular weight is 444 g/mol. The number of hydrogen-bond acceptors (Lipinski definition) is 4. The minimum absolute atomic E-state index is 0.00909. The van der Waals surface area contributed by atoms with E-state index < -0.39 is 10.0 Å². The van der Waals surface area contributed by atoms with Crippen LogP contribution in [0.3, 0.4) is 0 Å². The third-order valence-corrected chi connectivity index (χ3v) is 7.24. The molecule has 166 valence electrons. The van der Waals surface area contributed by atoms with Crippen LogP contribution < -0.4 is 5.32 Å². The summed E-state index contributed by atoms with van der Waals surface area (Å²) in [5, 5.41) is 2.80. The van der Waals surface area contributed by atoms with E-state index >= 15 is 0 Å². The van der Waals surface area contributed by atoms with Crippen molar-refractivity contribution in [2.45, 2.75) is 30.6 Å². The van der Waals surface area contributed by atoms with Crippen molar-refractivity contribution in [3.63, 3.8) is 0 Å². The van der Waals surface area contributed by atoms with Gasteiger partial charge in [0, 0.05) is 45.6 Å². The molecule has 31 heavy (non-hydrogen) atoms. The average Bonchev–Trinajstić information content (AvgIpc) is 2.83. The molecular weight excluding hydrogens is 414 g/mol. The zero-order valence-corrected chi connectivity index (χ0v) is 18.4. The maximum Gasteiger partial charge on any atom is 0.243 e. The molecule has 0 bridgehead atoms. The van der Waals surface area contributed by atoms with E-state index in [1.54, 1.807) is 35.2 Å². The lowest BCUT2D eigenvalue weighted by Crippen LogP contribution is -2.39. The lowest BCUT2D eigenvalue weighted by atomic mass is 10.1. The maximum atomic E-state index is 13.0. The van der Waals surface area contributed by atoms with Crippen molar-refractivity contribution < 1.29 is 18.0 Å². The summed E-state index contributed by atoms with van der Waals surface area (Å²) in [5.74, 6) is -0.207. The van der Waals surface area contributed by atoms with Gasteiger partial charge in [-0.15, -0.1) is 0 Å². The van der Waals surface area contributed by atoms with Crippen LogP contribution in [0.25, 0.3) is 0 Å². The van der Waals surface area contributed by atoms with Gasteiger partial charge in [0.1, 0.15) is 0 Å². The first-order valence-corrected chi connectivity index (χ1v) is 12.0. The number of hydrogen-bond donors (Lipinski definition) is 1. The summed E-state index contributed by atoms with van der Waals surface area (Å²) in [5.41, 5.74) is 1.10. The van der Waals surface area contributed by atoms with Gasteiger partial charge < -0.3 is 10.2 Å². The lowest BCUT2D eigenvalue weighted by Gasteiger charge is -2.25. The number of rotatable bonds is 5. The molecule has 1 N–H and O–H groups in total. The van der Waals surface area contributed by atoms with E-state index in [4.69, 9.17) is 0 Å². The summed E-state index contributed by atoms with van der Waals surface area (Å²) in [6, 6.07) is 18.1. The van der Waals surface area contributed by atoms with E-state index in [0.29, 0.717) is 38.9 Å². The van der Waals surface area contributed by atoms with E-state index in [2.05, 4.69) is 5.32 Å². The Balaban J connectivity index is 1.66. The van der Waals surface area contributed by atoms with Crippen LogP contribution in [0.1, 0.15) is 24.8 Å². The second kappa shape index (κ2) is 11.1. The third kappa shape index (κ3) is 6.63. The Morgan fingerprint density at radius 2 is 1.58 bits per heavy atom. The summed E-state index contributed by atoms with van der Waals surface area (Å²) >= 11 is 0. The van der Waals surface area contributed by atoms with Gasteiger partial charge in [-0.2, -0.15) is 4.31 Å². The van der Waals surface area contributed by atoms with E-state index in [0.717, 1.165) is 5.56 Å². The highest BCUT2D eigenvalue weighted by molar-refractivity contribution is 7.89. The summed E-state index contributed by atoms with van der Waals surface area (Å²) < 4.78 is 27.4. The topological polar surface area (TPSA) is 86.8 Å². The van der Waals surface area contributed by atoms with Gasteiger partial charge in [0.25, 0.3) is 0 Å². The van der Waals surface area contributed by atoms with E-state index in [1.807, 2.05) is 30.3 Å². The van der Waals surface area contributed by atoms with Crippen LogP contribution >= 0.6 is 0 Å². The smallest absolute Gasteiger partial charge is 0.243 e. The number of carbonyl (C=O) groups is 2. The number of carbonyl (C=O) groups excluding carboxylic acids is 2. The summed E-state index contributed by atoms with van der Waals surface area (Å²) in [7, 11) is -3.70. The van der Waals surface area contributed by atoms with Crippen LogP contribution in [0.15, 0.2) is 65.6 Å². The summed E-state index contributed by atoms with van der Waals surface area (Å²) in [4.78, 5) is 26.9. The molecule has 7 nitrogen and oxygen atoms in total. The molecule has 0 aromatic heterocycles. The predicted molar refractivity (Wildman–Crippen MR) is 119 cm³/mol. The van der Waals surface area contributed by atoms with Gasteiger partial charge >= 0.3 is 0 Å². The normalized spacial score (nSPS) is 16.9. The zero-order valence-electron chi connectivity index (χ0n) is 17.6. The van der Waals surface area contributed by atoms with Crippen LogP contribution in [0, 0.1) is 0 Å². The van der Waals surface area contributed by atoms with Crippen LogP contribution in [0.2, 0.25) is 0 Å². The number of amides is 2. The van der Waals surface area contributed by atoms with Gasteiger partial charge in [-0.05, 0) is 30.5 Å². The second-order valence-corrected chi connectivity index (χ2v) is 9.47. The fourth-order valence-corrected chi connectivity index (χ4v) is 5.09. The Bertz CT molecular complexity index is 965. The Morgan fingerprint density at radius 3 is 2.29 bits per heavy atom. The molecule has 0 aliphatic carbocycles. The molecule has 0 spiro atoms. The number of nitrogens with one attached hydrogen (secondary N) is 1. The molecule has 2 aromatic rings. The predicted octanol–water partition coefficient (Wildman–Crippen LogP) is 2.05. The Kier molecular flexibility index (Phi) is 8.20. The van der Waals surface area contributed by atoms with Crippen molar-refractivity contribution in [2.75, 3.05) is 32.7 Å². The molecule has 1 fully saturated rings. The highest BCUT2D eigenvalue weighted by Gasteiger charge is 2.25. The SMILES string of the molecule is O=C1CCN(S(=O)(=O)c2ccccc2)CCCN(C(=O)CCc2ccccc2)CCN1. The molecule has 3 rings (SSSR count). The van der Waals surface area contributed by atoms with Crippen LogP contribution in [0.5, 0.6) is 0 Å². The molecule has 1 saturated heterocycles. The lowest BCUT2D eigenvalue weighted by molar-refractivity contribution is -0.131. The molecule has 2 aromatic carbocycles. The van der Waals surface area contributed by atoms with Gasteiger partial charge in [-0.1, -0.05) is 48.5 Å². The van der Waals surface area contributed by atoms with Crippen molar-refractivity contribution in [3.8, 4) is 0 Å². The van der Waals surface area contributed by atoms with Crippen molar-refractivity contribution in [1.82, 2.24) is 14.5 Å². The summed E-state index contributed by atoms with van der Waals surface area (Å²) in [6.45, 7) is 1.61. The van der Waals surface area contributed by atoms with Crippen molar-refractivity contribution in [3.05, 3.63) is 66.2 Å². The number of nitrogens with zero attached hydrogens (tertiary/aromatic N) is 2. The molecular formula is C23H29N3O4S. The Morgan fingerprint density at radius 1 is 0.903 bits per heavy atom. The van der Waals surface area contributed by atoms with Gasteiger partial charge in [0.05, 0.1) is 4.90 Å². The minimum atomic E-state index is -3.70. The Hall–Kier alpha value is -2.71. The molecule has 0 radical (unpaired) electrons. The number of aryl methyl sites for hydroxylation is 1. The van der Waals surface area contributed by atoms with E-state index in [9.17, 15) is 18.0 Å². The summed E-state index contributed by atoms with van der Waals surface area (Å²) in [6.07, 6.45) is 1.63. The largest absolute Gasteiger partial charge is 0.354 e. The van der Waals surface area contributed by atoms with Crippen molar-refractivity contribution in [2.24, 2.45) is 0 Å². The molecule has 2 amide bonds. The second-order valence-electron chi connectivity index (χ2n) is 7.54. The Labute approximate surface area is 184 Å². The molecule has 0 saturated carbocycles. The third-order valence-electron chi connectivity index (χ3n) is 5.33. The number of sulfonamides is 1. The molecule has 8 heteroatoms. The quantitative estimate of drug-likeness (QED) is 0.766. The monoisotopic (exact) mass is 443 g/mol.